The number of hydrogen-bond donors (Lipinski definition) is 1. The van der Waals surface area contributed by atoms with Crippen molar-refractivity contribution in [3.63, 3.8) is 0 Å². The van der Waals surface area contributed by atoms with Crippen LogP contribution in [0.25, 0.3) is 0 Å². The predicted molar refractivity (Wildman–Crippen MR) is 49.0 cm³/mol. The molecule has 0 saturated carbocycles. The van der Waals surface area contributed by atoms with Crippen molar-refractivity contribution in [1.29, 1.82) is 0 Å². The van der Waals surface area contributed by atoms with E-state index in [9.17, 15) is 0 Å². The van der Waals surface area contributed by atoms with Gasteiger partial charge < -0.3 is 9.73 Å². The fourth-order valence-corrected chi connectivity index (χ4v) is 1.05. The van der Waals surface area contributed by atoms with Crippen LogP contribution in [0, 0.1) is 0 Å². The molecule has 0 atom stereocenters. The molecule has 3 nitrogen and oxygen atoms in total. The summed E-state index contributed by atoms with van der Waals surface area (Å²) in [7, 11) is 4.04. The molecule has 0 saturated heterocycles. The van der Waals surface area contributed by atoms with Crippen LogP contribution in [0.15, 0.2) is 22.8 Å². The molecule has 1 heterocycles. The van der Waals surface area contributed by atoms with Gasteiger partial charge in [-0.1, -0.05) is 0 Å². The summed E-state index contributed by atoms with van der Waals surface area (Å²) in [6.07, 6.45) is 1.71. The number of hydrogen-bond acceptors (Lipinski definition) is 3. The Kier molecular flexibility index (Phi) is 3.84. The molecule has 0 fully saturated rings. The van der Waals surface area contributed by atoms with Crippen molar-refractivity contribution in [3.8, 4) is 0 Å². The predicted octanol–water partition coefficient (Wildman–Crippen LogP) is 0.931. The highest BCUT2D eigenvalue weighted by Crippen LogP contribution is 2.02. The standard InChI is InChI=1S/C9H16N2O/c1-10-5-6-11(2)8-9-4-3-7-12-9/h3-4,7,10H,5-6,8H2,1-2H3. The fraction of sp³-hybridized carbons (Fsp3) is 0.556. The summed E-state index contributed by atoms with van der Waals surface area (Å²) < 4.78 is 5.22. The number of furan rings is 1. The third kappa shape index (κ3) is 3.07. The Bertz CT molecular complexity index is 196. The first-order valence-corrected chi connectivity index (χ1v) is 4.18. The first kappa shape index (κ1) is 9.29. The van der Waals surface area contributed by atoms with Gasteiger partial charge in [-0.15, -0.1) is 0 Å². The highest BCUT2D eigenvalue weighted by molar-refractivity contribution is 4.97. The first-order chi connectivity index (χ1) is 5.83. The lowest BCUT2D eigenvalue weighted by Crippen LogP contribution is -2.26. The monoisotopic (exact) mass is 168 g/mol. The van der Waals surface area contributed by atoms with Crippen LogP contribution >= 0.6 is 0 Å². The molecule has 68 valence electrons. The Morgan fingerprint density at radius 1 is 1.58 bits per heavy atom. The maximum Gasteiger partial charge on any atom is 0.117 e. The van der Waals surface area contributed by atoms with Gasteiger partial charge in [0.1, 0.15) is 5.76 Å². The Morgan fingerprint density at radius 2 is 2.42 bits per heavy atom. The van der Waals surface area contributed by atoms with Crippen LogP contribution in [0.4, 0.5) is 0 Å². The lowest BCUT2D eigenvalue weighted by molar-refractivity contribution is 0.296. The van der Waals surface area contributed by atoms with E-state index in [2.05, 4.69) is 17.3 Å². The second kappa shape index (κ2) is 4.95. The summed E-state index contributed by atoms with van der Waals surface area (Å²) in [5, 5.41) is 3.11. The second-order valence-corrected chi connectivity index (χ2v) is 2.92. The minimum atomic E-state index is 0.884. The van der Waals surface area contributed by atoms with Crippen LogP contribution in [0.1, 0.15) is 5.76 Å². The molecule has 1 rings (SSSR count). The smallest absolute Gasteiger partial charge is 0.117 e. The maximum absolute atomic E-state index is 5.22. The van der Waals surface area contributed by atoms with E-state index in [1.165, 1.54) is 0 Å². The van der Waals surface area contributed by atoms with E-state index >= 15 is 0 Å². The molecule has 0 radical (unpaired) electrons. The molecule has 0 bridgehead atoms. The van der Waals surface area contributed by atoms with Crippen molar-refractivity contribution >= 4 is 0 Å². The Labute approximate surface area is 73.4 Å². The molecular weight excluding hydrogens is 152 g/mol. The Balaban J connectivity index is 2.22. The summed E-state index contributed by atoms with van der Waals surface area (Å²) in [4.78, 5) is 2.22. The van der Waals surface area contributed by atoms with Gasteiger partial charge in [-0.25, -0.2) is 0 Å². The summed E-state index contributed by atoms with van der Waals surface area (Å²) >= 11 is 0. The second-order valence-electron chi connectivity index (χ2n) is 2.92. The third-order valence-electron chi connectivity index (χ3n) is 1.75. The zero-order valence-corrected chi connectivity index (χ0v) is 7.71. The molecular formula is C9H16N2O. The van der Waals surface area contributed by atoms with E-state index in [0.717, 1.165) is 25.4 Å². The van der Waals surface area contributed by atoms with Gasteiger partial charge in [0.15, 0.2) is 0 Å². The van der Waals surface area contributed by atoms with Gasteiger partial charge >= 0.3 is 0 Å². The van der Waals surface area contributed by atoms with Gasteiger partial charge in [0.05, 0.1) is 12.8 Å². The summed E-state index contributed by atoms with van der Waals surface area (Å²) in [5.74, 6) is 1.02. The summed E-state index contributed by atoms with van der Waals surface area (Å²) in [6.45, 7) is 2.93. The molecule has 0 aliphatic heterocycles. The molecule has 3 heteroatoms. The highest BCUT2D eigenvalue weighted by Gasteiger charge is 2.00. The lowest BCUT2D eigenvalue weighted by atomic mass is 10.4. The topological polar surface area (TPSA) is 28.4 Å². The highest BCUT2D eigenvalue weighted by atomic mass is 16.3. The van der Waals surface area contributed by atoms with Crippen LogP contribution in [-0.4, -0.2) is 32.1 Å². The lowest BCUT2D eigenvalue weighted by Gasteiger charge is -2.13. The number of nitrogens with one attached hydrogen (secondary N) is 1. The summed E-state index contributed by atoms with van der Waals surface area (Å²) in [6, 6.07) is 3.91. The maximum atomic E-state index is 5.22. The largest absolute Gasteiger partial charge is 0.468 e. The van der Waals surface area contributed by atoms with E-state index in [1.807, 2.05) is 19.2 Å². The summed E-state index contributed by atoms with van der Waals surface area (Å²) in [5.41, 5.74) is 0. The quantitative estimate of drug-likeness (QED) is 0.709. The number of rotatable bonds is 5. The van der Waals surface area contributed by atoms with Crippen molar-refractivity contribution in [2.75, 3.05) is 27.2 Å². The van der Waals surface area contributed by atoms with Crippen molar-refractivity contribution in [2.24, 2.45) is 0 Å². The van der Waals surface area contributed by atoms with Gasteiger partial charge in [-0.2, -0.15) is 0 Å². The van der Waals surface area contributed by atoms with Crippen molar-refractivity contribution in [3.05, 3.63) is 24.2 Å². The zero-order valence-electron chi connectivity index (χ0n) is 7.71. The van der Waals surface area contributed by atoms with E-state index in [-0.39, 0.29) is 0 Å². The Morgan fingerprint density at radius 3 is 3.00 bits per heavy atom. The molecule has 0 spiro atoms. The van der Waals surface area contributed by atoms with Gasteiger partial charge in [0.25, 0.3) is 0 Å². The van der Waals surface area contributed by atoms with Gasteiger partial charge in [0, 0.05) is 13.1 Å². The minimum absolute atomic E-state index is 0.884. The molecule has 0 aromatic carbocycles. The molecule has 12 heavy (non-hydrogen) atoms. The van der Waals surface area contributed by atoms with E-state index < -0.39 is 0 Å². The van der Waals surface area contributed by atoms with Gasteiger partial charge in [-0.05, 0) is 26.2 Å². The average molecular weight is 168 g/mol. The van der Waals surface area contributed by atoms with E-state index in [0.29, 0.717) is 0 Å². The first-order valence-electron chi connectivity index (χ1n) is 4.18. The number of nitrogens with zero attached hydrogens (tertiary/aromatic N) is 1. The van der Waals surface area contributed by atoms with Gasteiger partial charge in [0.2, 0.25) is 0 Å². The van der Waals surface area contributed by atoms with Crippen LogP contribution in [-0.2, 0) is 6.54 Å². The van der Waals surface area contributed by atoms with Crippen molar-refractivity contribution in [1.82, 2.24) is 10.2 Å². The molecule has 0 unspecified atom stereocenters. The van der Waals surface area contributed by atoms with Crippen molar-refractivity contribution < 1.29 is 4.42 Å². The molecule has 0 aliphatic rings. The average Bonchev–Trinajstić information content (AvgIpc) is 2.53. The van der Waals surface area contributed by atoms with Crippen LogP contribution < -0.4 is 5.32 Å². The number of likely N-dealkylation sites (N-methyl/N-ethyl adjacent to an activating group) is 2. The molecule has 0 amide bonds. The van der Waals surface area contributed by atoms with E-state index in [4.69, 9.17) is 4.42 Å². The molecule has 1 N–H and O–H groups in total. The van der Waals surface area contributed by atoms with E-state index in [1.54, 1.807) is 6.26 Å². The van der Waals surface area contributed by atoms with Crippen molar-refractivity contribution in [2.45, 2.75) is 6.54 Å². The van der Waals surface area contributed by atoms with Crippen LogP contribution in [0.5, 0.6) is 0 Å². The normalized spacial score (nSPS) is 10.9. The fourth-order valence-electron chi connectivity index (χ4n) is 1.05. The Hall–Kier alpha value is -0.800. The van der Waals surface area contributed by atoms with Crippen LogP contribution in [0.3, 0.4) is 0 Å². The SMILES string of the molecule is CNCCN(C)Cc1ccco1. The molecule has 1 aromatic rings. The third-order valence-corrected chi connectivity index (χ3v) is 1.75. The van der Waals surface area contributed by atoms with Crippen LogP contribution in [0.2, 0.25) is 0 Å². The minimum Gasteiger partial charge on any atom is -0.468 e. The zero-order chi connectivity index (χ0) is 8.81. The van der Waals surface area contributed by atoms with Gasteiger partial charge in [-0.3, -0.25) is 4.90 Å². The molecule has 0 aliphatic carbocycles. The molecule has 1 aromatic heterocycles.